The lowest BCUT2D eigenvalue weighted by Gasteiger charge is -2.16. The Kier molecular flexibility index (Phi) is 12.9. The summed E-state index contributed by atoms with van der Waals surface area (Å²) in [6.45, 7) is 4.01. The minimum absolute atomic E-state index is 0.0367. The Labute approximate surface area is 300 Å². The van der Waals surface area contributed by atoms with E-state index in [-0.39, 0.29) is 39.4 Å². The van der Waals surface area contributed by atoms with Crippen molar-refractivity contribution >= 4 is 84.5 Å². The number of aryl methyl sites for hydroxylation is 1. The van der Waals surface area contributed by atoms with Crippen LogP contribution in [0.25, 0.3) is 0 Å². The molecule has 0 aliphatic rings. The predicted octanol–water partition coefficient (Wildman–Crippen LogP) is 5.91. The summed E-state index contributed by atoms with van der Waals surface area (Å²) in [6.07, 6.45) is 0.374. The summed E-state index contributed by atoms with van der Waals surface area (Å²) in [4.78, 5) is 51.2. The zero-order chi connectivity index (χ0) is 36.5. The van der Waals surface area contributed by atoms with Crippen LogP contribution >= 0.6 is 33.9 Å². The Morgan fingerprint density at radius 2 is 1.76 bits per heavy atom. The average Bonchev–Trinajstić information content (AvgIpc) is 3.42. The van der Waals surface area contributed by atoms with E-state index in [0.29, 0.717) is 35.3 Å². The summed E-state index contributed by atoms with van der Waals surface area (Å²) in [5.41, 5.74) is 5.25. The van der Waals surface area contributed by atoms with Gasteiger partial charge in [-0.1, -0.05) is 0 Å². The van der Waals surface area contributed by atoms with Crippen molar-refractivity contribution in [2.24, 2.45) is 5.73 Å². The third-order valence-corrected chi connectivity index (χ3v) is 8.44. The molecule has 7 N–H and O–H groups in total. The van der Waals surface area contributed by atoms with Crippen LogP contribution in [0.5, 0.6) is 5.75 Å². The number of nitrogens with two attached hydrogens (primary N) is 1. The minimum Gasteiger partial charge on any atom is -0.490 e. The van der Waals surface area contributed by atoms with E-state index in [1.165, 1.54) is 32.0 Å². The van der Waals surface area contributed by atoms with Gasteiger partial charge >= 0.3 is 5.00 Å². The van der Waals surface area contributed by atoms with Gasteiger partial charge in [-0.15, -0.1) is 0 Å². The van der Waals surface area contributed by atoms with E-state index in [1.54, 1.807) is 18.2 Å². The van der Waals surface area contributed by atoms with Gasteiger partial charge in [0.15, 0.2) is 16.7 Å². The summed E-state index contributed by atoms with van der Waals surface area (Å²) < 4.78 is 50.1. The molecule has 0 fully saturated rings. The van der Waals surface area contributed by atoms with Crippen LogP contribution in [0.1, 0.15) is 39.8 Å². The molecule has 4 aromatic rings. The van der Waals surface area contributed by atoms with Crippen molar-refractivity contribution in [2.75, 3.05) is 47.5 Å². The lowest BCUT2D eigenvalue weighted by atomic mass is 10.1. The fraction of sp³-hybridized carbons (Fsp3) is 0.226. The van der Waals surface area contributed by atoms with Gasteiger partial charge in [0, 0.05) is 29.3 Å². The van der Waals surface area contributed by atoms with Crippen LogP contribution in [0.2, 0.25) is 0 Å². The fourth-order valence-corrected chi connectivity index (χ4v) is 5.70. The number of rotatable bonds is 16. The number of primary amides is 1. The molecule has 264 valence electrons. The topological polar surface area (TPSA) is 203 Å². The van der Waals surface area contributed by atoms with Crippen LogP contribution in [-0.2, 0) is 4.79 Å². The van der Waals surface area contributed by atoms with Crippen molar-refractivity contribution in [3.8, 4) is 5.75 Å². The van der Waals surface area contributed by atoms with Crippen molar-refractivity contribution in [3.63, 3.8) is 0 Å². The van der Waals surface area contributed by atoms with Crippen LogP contribution in [0, 0.1) is 38.1 Å². The van der Waals surface area contributed by atoms with E-state index in [1.807, 2.05) is 22.6 Å². The van der Waals surface area contributed by atoms with E-state index in [4.69, 9.17) is 10.5 Å². The molecule has 50 heavy (non-hydrogen) atoms. The number of anilines is 5. The molecule has 14 nitrogen and oxygen atoms in total. The van der Waals surface area contributed by atoms with Gasteiger partial charge in [0.05, 0.1) is 39.7 Å². The highest BCUT2D eigenvalue weighted by Crippen LogP contribution is 2.34. The third-order valence-electron chi connectivity index (χ3n) is 6.75. The standard InChI is InChI=1S/C31H30F3IN8O6S/c1-15-30(43(47)48)50-31(39-15)42-29(46)19-6-5-18(13-23(19)40-16(2)44)38-10-9-37-8-3-11-49-24-14-20(28(36)45)27(26(34)25(24)33)41-22-7-4-17(35)12-21(22)32/h4-7,12-14,37-38,41H,3,8-11H2,1-2H3,(H2,36,45)(H,40,44)(H,39,42,46). The Morgan fingerprint density at radius 3 is 2.42 bits per heavy atom. The normalized spacial score (nSPS) is 10.8. The molecule has 3 amide bonds. The molecule has 0 aliphatic heterocycles. The Bertz CT molecular complexity index is 1950. The van der Waals surface area contributed by atoms with Gasteiger partial charge in [0.25, 0.3) is 11.8 Å². The maximum Gasteiger partial charge on any atom is 0.348 e. The average molecular weight is 827 g/mol. The maximum absolute atomic E-state index is 15.0. The number of hydrogen-bond acceptors (Lipinski definition) is 11. The smallest absolute Gasteiger partial charge is 0.348 e. The fourth-order valence-electron chi connectivity index (χ4n) is 4.47. The number of nitrogens with zero attached hydrogens (tertiary/aromatic N) is 2. The molecule has 0 aliphatic carbocycles. The number of nitro groups is 1. The van der Waals surface area contributed by atoms with Crippen molar-refractivity contribution in [2.45, 2.75) is 20.3 Å². The first-order chi connectivity index (χ1) is 23.7. The monoisotopic (exact) mass is 826 g/mol. The molecule has 0 unspecified atom stereocenters. The molecule has 4 rings (SSSR count). The van der Waals surface area contributed by atoms with E-state index in [9.17, 15) is 37.7 Å². The van der Waals surface area contributed by atoms with Crippen molar-refractivity contribution in [1.29, 1.82) is 0 Å². The second-order valence-electron chi connectivity index (χ2n) is 10.5. The molecule has 0 saturated heterocycles. The van der Waals surface area contributed by atoms with Gasteiger partial charge in [0.2, 0.25) is 11.7 Å². The number of hydrogen-bond donors (Lipinski definition) is 6. The second-order valence-corrected chi connectivity index (χ2v) is 12.7. The number of halogens is 4. The van der Waals surface area contributed by atoms with E-state index >= 15 is 0 Å². The summed E-state index contributed by atoms with van der Waals surface area (Å²) >= 11 is 2.61. The number of carbonyl (C=O) groups is 3. The molecule has 1 heterocycles. The van der Waals surface area contributed by atoms with Crippen molar-refractivity contribution in [3.05, 3.63) is 90.4 Å². The van der Waals surface area contributed by atoms with Gasteiger partial charge in [-0.05, 0) is 96.3 Å². The van der Waals surface area contributed by atoms with Gasteiger partial charge in [-0.2, -0.15) is 4.39 Å². The number of carbonyl (C=O) groups excluding carboxylic acids is 3. The summed E-state index contributed by atoms with van der Waals surface area (Å²) in [5, 5.41) is 24.8. The molecule has 19 heteroatoms. The van der Waals surface area contributed by atoms with Crippen LogP contribution in [0.3, 0.4) is 0 Å². The number of ether oxygens (including phenoxy) is 1. The molecule has 3 aromatic carbocycles. The SMILES string of the molecule is CC(=O)Nc1cc(NCCNCCCOc2cc(C(N)=O)c(Nc3ccc(I)cc3F)c(F)c2F)ccc1C(=O)Nc1nc(C)c([N+](=O)[O-])s1. The van der Waals surface area contributed by atoms with E-state index in [2.05, 4.69) is 31.6 Å². The van der Waals surface area contributed by atoms with Gasteiger partial charge in [-0.3, -0.25) is 29.8 Å². The number of thiazole rings is 1. The predicted molar refractivity (Wildman–Crippen MR) is 191 cm³/mol. The number of nitrogens with one attached hydrogen (secondary N) is 5. The maximum atomic E-state index is 15.0. The Balaban J connectivity index is 1.27. The first-order valence-corrected chi connectivity index (χ1v) is 16.6. The highest BCUT2D eigenvalue weighted by molar-refractivity contribution is 14.1. The van der Waals surface area contributed by atoms with Gasteiger partial charge in [-0.25, -0.2) is 13.8 Å². The highest BCUT2D eigenvalue weighted by atomic mass is 127. The van der Waals surface area contributed by atoms with Crippen molar-refractivity contribution < 1.29 is 37.2 Å². The Morgan fingerprint density at radius 1 is 1.00 bits per heavy atom. The molecule has 0 spiro atoms. The quantitative estimate of drug-likeness (QED) is 0.0342. The molecule has 0 saturated carbocycles. The highest BCUT2D eigenvalue weighted by Gasteiger charge is 2.24. The molecule has 1 aromatic heterocycles. The molecular weight excluding hydrogens is 796 g/mol. The minimum atomic E-state index is -1.45. The zero-order valence-corrected chi connectivity index (χ0v) is 29.4. The lowest BCUT2D eigenvalue weighted by molar-refractivity contribution is -0.380. The largest absolute Gasteiger partial charge is 0.490 e. The number of benzene rings is 3. The molecule has 0 radical (unpaired) electrons. The van der Waals surface area contributed by atoms with Crippen LogP contribution in [-0.4, -0.2) is 53.9 Å². The van der Waals surface area contributed by atoms with Crippen molar-refractivity contribution in [1.82, 2.24) is 10.3 Å². The number of aromatic nitrogens is 1. The molecule has 0 bridgehead atoms. The first-order valence-electron chi connectivity index (χ1n) is 14.7. The van der Waals surface area contributed by atoms with Gasteiger partial charge < -0.3 is 31.7 Å². The summed E-state index contributed by atoms with van der Waals surface area (Å²) in [7, 11) is 0. The molecule has 0 atom stereocenters. The summed E-state index contributed by atoms with van der Waals surface area (Å²) in [5.74, 6) is -6.19. The second kappa shape index (κ2) is 17.1. The first kappa shape index (κ1) is 37.8. The zero-order valence-electron chi connectivity index (χ0n) is 26.4. The van der Waals surface area contributed by atoms with Crippen LogP contribution in [0.4, 0.5) is 46.1 Å². The summed E-state index contributed by atoms with van der Waals surface area (Å²) in [6, 6.07) is 9.66. The van der Waals surface area contributed by atoms with E-state index in [0.717, 1.165) is 17.4 Å². The molecular formula is C31H30F3IN8O6S. The lowest BCUT2D eigenvalue weighted by Crippen LogP contribution is -2.24. The number of amides is 3. The van der Waals surface area contributed by atoms with Crippen LogP contribution < -0.4 is 37.1 Å². The van der Waals surface area contributed by atoms with E-state index < -0.39 is 57.1 Å². The van der Waals surface area contributed by atoms with Crippen LogP contribution in [0.15, 0.2) is 42.5 Å². The van der Waals surface area contributed by atoms with Gasteiger partial charge in [0.1, 0.15) is 11.5 Å². The third kappa shape index (κ3) is 9.79. The Hall–Kier alpha value is -5.02.